The topological polar surface area (TPSA) is 78.4 Å². The maximum absolute atomic E-state index is 11.7. The third-order valence-electron chi connectivity index (χ3n) is 3.43. The van der Waals surface area contributed by atoms with Gasteiger partial charge in [0.15, 0.2) is 0 Å². The summed E-state index contributed by atoms with van der Waals surface area (Å²) < 4.78 is 0. The highest BCUT2D eigenvalue weighted by atomic mass is 16.4. The first-order valence-corrected chi connectivity index (χ1v) is 7.34. The molecule has 1 rings (SSSR count). The van der Waals surface area contributed by atoms with E-state index in [4.69, 9.17) is 5.11 Å². The number of hydrogen-bond donors (Lipinski definition) is 3. The van der Waals surface area contributed by atoms with Crippen LogP contribution >= 0.6 is 0 Å². The predicted molar refractivity (Wildman–Crippen MR) is 82.3 cm³/mol. The predicted octanol–water partition coefficient (Wildman–Crippen LogP) is 2.59. The molecule has 0 aliphatic rings. The summed E-state index contributed by atoms with van der Waals surface area (Å²) in [7, 11) is 0. The third kappa shape index (κ3) is 6.29. The first kappa shape index (κ1) is 17.0. The molecule has 1 aromatic carbocycles. The van der Waals surface area contributed by atoms with E-state index in [0.29, 0.717) is 13.0 Å². The lowest BCUT2D eigenvalue weighted by Crippen LogP contribution is -2.41. The van der Waals surface area contributed by atoms with Crippen molar-refractivity contribution in [3.8, 4) is 0 Å². The number of nitrogens with one attached hydrogen (secondary N) is 2. The van der Waals surface area contributed by atoms with Crippen molar-refractivity contribution in [2.75, 3.05) is 13.1 Å². The summed E-state index contributed by atoms with van der Waals surface area (Å²) in [6.07, 6.45) is 1.35. The molecule has 0 spiro atoms. The van der Waals surface area contributed by atoms with Gasteiger partial charge in [-0.15, -0.1) is 0 Å². The van der Waals surface area contributed by atoms with Gasteiger partial charge < -0.3 is 15.7 Å². The zero-order valence-corrected chi connectivity index (χ0v) is 12.6. The number of carboxylic acids is 1. The molecular weight excluding hydrogens is 268 g/mol. The maximum Gasteiger partial charge on any atom is 0.314 e. The number of carbonyl (C=O) groups excluding carboxylic acids is 1. The molecule has 2 unspecified atom stereocenters. The highest BCUT2D eigenvalue weighted by Crippen LogP contribution is 2.12. The molecule has 0 aromatic heterocycles. The first-order valence-electron chi connectivity index (χ1n) is 7.34. The SMILES string of the molecule is CCCC(CNC(=O)NCC(C)c1ccccc1)C(=O)O. The van der Waals surface area contributed by atoms with E-state index in [1.165, 1.54) is 0 Å². The minimum absolute atomic E-state index is 0.161. The summed E-state index contributed by atoms with van der Waals surface area (Å²) in [5.41, 5.74) is 1.16. The fraction of sp³-hybridized carbons (Fsp3) is 0.500. The summed E-state index contributed by atoms with van der Waals surface area (Å²) in [5, 5.41) is 14.4. The van der Waals surface area contributed by atoms with Crippen LogP contribution in [-0.4, -0.2) is 30.2 Å². The van der Waals surface area contributed by atoms with Crippen molar-refractivity contribution >= 4 is 12.0 Å². The number of benzene rings is 1. The molecule has 1 aromatic rings. The Morgan fingerprint density at radius 3 is 2.33 bits per heavy atom. The van der Waals surface area contributed by atoms with E-state index in [9.17, 15) is 9.59 Å². The van der Waals surface area contributed by atoms with Crippen molar-refractivity contribution < 1.29 is 14.7 Å². The summed E-state index contributed by atoms with van der Waals surface area (Å²) in [6.45, 7) is 4.64. The van der Waals surface area contributed by atoms with Crippen molar-refractivity contribution in [2.24, 2.45) is 5.92 Å². The second-order valence-electron chi connectivity index (χ2n) is 5.23. The van der Waals surface area contributed by atoms with Crippen LogP contribution in [-0.2, 0) is 4.79 Å². The van der Waals surface area contributed by atoms with Gasteiger partial charge in [-0.05, 0) is 17.9 Å². The Balaban J connectivity index is 2.32. The number of hydrogen-bond acceptors (Lipinski definition) is 2. The molecule has 0 heterocycles. The lowest BCUT2D eigenvalue weighted by molar-refractivity contribution is -0.141. The van der Waals surface area contributed by atoms with Gasteiger partial charge in [0.05, 0.1) is 5.92 Å². The normalized spacial score (nSPS) is 13.2. The molecule has 0 aliphatic carbocycles. The van der Waals surface area contributed by atoms with Crippen LogP contribution < -0.4 is 10.6 Å². The van der Waals surface area contributed by atoms with Crippen LogP contribution in [0.3, 0.4) is 0 Å². The van der Waals surface area contributed by atoms with Gasteiger partial charge in [0.25, 0.3) is 0 Å². The van der Waals surface area contributed by atoms with Gasteiger partial charge in [0, 0.05) is 13.1 Å². The smallest absolute Gasteiger partial charge is 0.314 e. The Kier molecular flexibility index (Phi) is 7.29. The van der Waals surface area contributed by atoms with E-state index < -0.39 is 11.9 Å². The third-order valence-corrected chi connectivity index (χ3v) is 3.43. The van der Waals surface area contributed by atoms with Crippen LogP contribution in [0.1, 0.15) is 38.2 Å². The quantitative estimate of drug-likeness (QED) is 0.689. The molecule has 0 bridgehead atoms. The number of amides is 2. The number of urea groups is 1. The molecule has 0 saturated heterocycles. The van der Waals surface area contributed by atoms with E-state index in [-0.39, 0.29) is 18.5 Å². The van der Waals surface area contributed by atoms with E-state index in [1.54, 1.807) is 0 Å². The van der Waals surface area contributed by atoms with Crippen LogP contribution in [0, 0.1) is 5.92 Å². The van der Waals surface area contributed by atoms with Gasteiger partial charge in [-0.25, -0.2) is 4.79 Å². The van der Waals surface area contributed by atoms with Gasteiger partial charge in [0.1, 0.15) is 0 Å². The van der Waals surface area contributed by atoms with Crippen molar-refractivity contribution in [3.05, 3.63) is 35.9 Å². The lowest BCUT2D eigenvalue weighted by atomic mass is 10.0. The average molecular weight is 292 g/mol. The molecule has 5 heteroatoms. The molecule has 2 atom stereocenters. The molecule has 5 nitrogen and oxygen atoms in total. The Hall–Kier alpha value is -2.04. The Morgan fingerprint density at radius 2 is 1.76 bits per heavy atom. The maximum atomic E-state index is 11.7. The van der Waals surface area contributed by atoms with Gasteiger partial charge in [-0.3, -0.25) is 4.79 Å². The van der Waals surface area contributed by atoms with Crippen molar-refractivity contribution in [1.29, 1.82) is 0 Å². The fourth-order valence-corrected chi connectivity index (χ4v) is 2.08. The molecular formula is C16H24N2O3. The second kappa shape index (κ2) is 9.00. The zero-order valence-electron chi connectivity index (χ0n) is 12.6. The van der Waals surface area contributed by atoms with Crippen molar-refractivity contribution in [1.82, 2.24) is 10.6 Å². The molecule has 0 saturated carbocycles. The number of rotatable bonds is 8. The molecule has 3 N–H and O–H groups in total. The van der Waals surface area contributed by atoms with Crippen LogP contribution in [0.4, 0.5) is 4.79 Å². The minimum Gasteiger partial charge on any atom is -0.481 e. The van der Waals surface area contributed by atoms with E-state index >= 15 is 0 Å². The highest BCUT2D eigenvalue weighted by molar-refractivity contribution is 5.75. The Labute approximate surface area is 125 Å². The van der Waals surface area contributed by atoms with Crippen LogP contribution in [0.25, 0.3) is 0 Å². The minimum atomic E-state index is -0.866. The molecule has 116 valence electrons. The molecule has 0 aliphatic heterocycles. The van der Waals surface area contributed by atoms with Crippen molar-refractivity contribution in [3.63, 3.8) is 0 Å². The average Bonchev–Trinajstić information content (AvgIpc) is 2.49. The van der Waals surface area contributed by atoms with E-state index in [2.05, 4.69) is 10.6 Å². The summed E-state index contributed by atoms with van der Waals surface area (Å²) in [4.78, 5) is 22.7. The van der Waals surface area contributed by atoms with Crippen LogP contribution in [0.5, 0.6) is 0 Å². The van der Waals surface area contributed by atoms with E-state index in [0.717, 1.165) is 12.0 Å². The Morgan fingerprint density at radius 1 is 1.14 bits per heavy atom. The highest BCUT2D eigenvalue weighted by Gasteiger charge is 2.17. The number of aliphatic carboxylic acids is 1. The number of carbonyl (C=O) groups is 2. The zero-order chi connectivity index (χ0) is 15.7. The summed E-state index contributed by atoms with van der Waals surface area (Å²) in [5.74, 6) is -1.18. The van der Waals surface area contributed by atoms with Gasteiger partial charge in [0.2, 0.25) is 0 Å². The Bertz CT molecular complexity index is 448. The van der Waals surface area contributed by atoms with Crippen molar-refractivity contribution in [2.45, 2.75) is 32.6 Å². The summed E-state index contributed by atoms with van der Waals surface area (Å²) >= 11 is 0. The second-order valence-corrected chi connectivity index (χ2v) is 5.23. The monoisotopic (exact) mass is 292 g/mol. The van der Waals surface area contributed by atoms with Crippen LogP contribution in [0.2, 0.25) is 0 Å². The fourth-order valence-electron chi connectivity index (χ4n) is 2.08. The first-order chi connectivity index (χ1) is 10.0. The van der Waals surface area contributed by atoms with Gasteiger partial charge >= 0.3 is 12.0 Å². The standard InChI is InChI=1S/C16H24N2O3/c1-3-7-14(15(19)20)11-18-16(21)17-10-12(2)13-8-5-4-6-9-13/h4-6,8-9,12,14H,3,7,10-11H2,1-2H3,(H,19,20)(H2,17,18,21). The molecule has 0 radical (unpaired) electrons. The molecule has 0 fully saturated rings. The number of carboxylic acid groups (broad SMARTS) is 1. The molecule has 21 heavy (non-hydrogen) atoms. The van der Waals surface area contributed by atoms with Crippen LogP contribution in [0.15, 0.2) is 30.3 Å². The van der Waals surface area contributed by atoms with E-state index in [1.807, 2.05) is 44.2 Å². The molecule has 2 amide bonds. The van der Waals surface area contributed by atoms with Gasteiger partial charge in [-0.2, -0.15) is 0 Å². The lowest BCUT2D eigenvalue weighted by Gasteiger charge is -2.15. The van der Waals surface area contributed by atoms with Gasteiger partial charge in [-0.1, -0.05) is 50.6 Å². The summed E-state index contributed by atoms with van der Waals surface area (Å²) in [6, 6.07) is 9.61. The largest absolute Gasteiger partial charge is 0.481 e.